The second-order valence-corrected chi connectivity index (χ2v) is 5.69. The number of rotatable bonds is 7. The molecule has 0 spiro atoms. The van der Waals surface area contributed by atoms with E-state index in [1.165, 1.54) is 0 Å². The summed E-state index contributed by atoms with van der Waals surface area (Å²) in [6, 6.07) is 11.8. The van der Waals surface area contributed by atoms with Crippen LogP contribution in [0.4, 0.5) is 0 Å². The highest BCUT2D eigenvalue weighted by molar-refractivity contribution is 5.78. The van der Waals surface area contributed by atoms with Gasteiger partial charge in [-0.15, -0.1) is 0 Å². The molecule has 0 saturated heterocycles. The van der Waals surface area contributed by atoms with Crippen LogP contribution in [0.5, 0.6) is 5.75 Å². The van der Waals surface area contributed by atoms with Gasteiger partial charge in [-0.1, -0.05) is 25.1 Å². The standard InChI is InChI=1S/C19H24N2O2/c1-4-16(3)21(13-17-9-11-20-12-10-17)19(22)14-23-18-8-6-5-7-15(18)2/h5-12,16H,4,13-14H2,1-3H3/t16-/m1/s1. The Kier molecular flexibility index (Phi) is 6.15. The van der Waals surface area contributed by atoms with Gasteiger partial charge in [0.25, 0.3) is 5.91 Å². The van der Waals surface area contributed by atoms with Gasteiger partial charge in [-0.05, 0) is 49.6 Å². The third-order valence-corrected chi connectivity index (χ3v) is 3.99. The predicted octanol–water partition coefficient (Wildman–Crippen LogP) is 3.60. The zero-order valence-corrected chi connectivity index (χ0v) is 14.0. The molecule has 0 bridgehead atoms. The summed E-state index contributed by atoms with van der Waals surface area (Å²) >= 11 is 0. The number of ether oxygens (including phenoxy) is 1. The molecule has 1 aromatic carbocycles. The van der Waals surface area contributed by atoms with E-state index in [1.54, 1.807) is 12.4 Å². The third-order valence-electron chi connectivity index (χ3n) is 3.99. The first kappa shape index (κ1) is 17.0. The van der Waals surface area contributed by atoms with Crippen molar-refractivity contribution in [3.05, 3.63) is 59.9 Å². The summed E-state index contributed by atoms with van der Waals surface area (Å²) in [6.07, 6.45) is 4.40. The van der Waals surface area contributed by atoms with Crippen molar-refractivity contribution in [1.29, 1.82) is 0 Å². The maximum atomic E-state index is 12.6. The van der Waals surface area contributed by atoms with Gasteiger partial charge in [-0.25, -0.2) is 0 Å². The Balaban J connectivity index is 2.03. The minimum atomic E-state index is -0.000541. The summed E-state index contributed by atoms with van der Waals surface area (Å²) in [6.45, 7) is 6.75. The number of benzene rings is 1. The van der Waals surface area contributed by atoms with Gasteiger partial charge in [0.2, 0.25) is 0 Å². The third kappa shape index (κ3) is 4.81. The molecule has 1 aromatic heterocycles. The highest BCUT2D eigenvalue weighted by Gasteiger charge is 2.20. The highest BCUT2D eigenvalue weighted by Crippen LogP contribution is 2.17. The van der Waals surface area contributed by atoms with Gasteiger partial charge in [0.15, 0.2) is 6.61 Å². The Hall–Kier alpha value is -2.36. The van der Waals surface area contributed by atoms with Crippen LogP contribution in [0.2, 0.25) is 0 Å². The maximum absolute atomic E-state index is 12.6. The average Bonchev–Trinajstić information content (AvgIpc) is 2.59. The van der Waals surface area contributed by atoms with Gasteiger partial charge < -0.3 is 9.64 Å². The predicted molar refractivity (Wildman–Crippen MR) is 91.2 cm³/mol. The molecule has 122 valence electrons. The van der Waals surface area contributed by atoms with Crippen molar-refractivity contribution in [3.8, 4) is 5.75 Å². The number of aryl methyl sites for hydroxylation is 1. The lowest BCUT2D eigenvalue weighted by molar-refractivity contribution is -0.136. The topological polar surface area (TPSA) is 42.4 Å². The molecular formula is C19H24N2O2. The number of amides is 1. The Labute approximate surface area is 138 Å². The second-order valence-electron chi connectivity index (χ2n) is 5.69. The van der Waals surface area contributed by atoms with Crippen LogP contribution in [-0.4, -0.2) is 28.4 Å². The number of carbonyl (C=O) groups is 1. The molecule has 0 saturated carbocycles. The quantitative estimate of drug-likeness (QED) is 0.784. The maximum Gasteiger partial charge on any atom is 0.261 e. The number of para-hydroxylation sites is 1. The van der Waals surface area contributed by atoms with E-state index in [0.29, 0.717) is 6.54 Å². The summed E-state index contributed by atoms with van der Waals surface area (Å²) in [4.78, 5) is 18.5. The van der Waals surface area contributed by atoms with Gasteiger partial charge >= 0.3 is 0 Å². The highest BCUT2D eigenvalue weighted by atomic mass is 16.5. The van der Waals surface area contributed by atoms with Crippen LogP contribution < -0.4 is 4.74 Å². The normalized spacial score (nSPS) is 11.8. The zero-order chi connectivity index (χ0) is 16.7. The van der Waals surface area contributed by atoms with Gasteiger partial charge in [0, 0.05) is 25.0 Å². The van der Waals surface area contributed by atoms with Crippen LogP contribution in [0.25, 0.3) is 0 Å². The van der Waals surface area contributed by atoms with Crippen molar-refractivity contribution in [3.63, 3.8) is 0 Å². The van der Waals surface area contributed by atoms with Crippen molar-refractivity contribution >= 4 is 5.91 Å². The summed E-state index contributed by atoms with van der Waals surface area (Å²) in [7, 11) is 0. The molecule has 0 unspecified atom stereocenters. The molecule has 23 heavy (non-hydrogen) atoms. The van der Waals surface area contributed by atoms with Gasteiger partial charge in [0.1, 0.15) is 5.75 Å². The fraction of sp³-hybridized carbons (Fsp3) is 0.368. The number of pyridine rings is 1. The van der Waals surface area contributed by atoms with Crippen molar-refractivity contribution in [2.75, 3.05) is 6.61 Å². The zero-order valence-electron chi connectivity index (χ0n) is 14.0. The van der Waals surface area contributed by atoms with E-state index in [9.17, 15) is 4.79 Å². The molecule has 2 aromatic rings. The Bertz CT molecular complexity index is 628. The van der Waals surface area contributed by atoms with Crippen molar-refractivity contribution in [2.45, 2.75) is 39.8 Å². The largest absolute Gasteiger partial charge is 0.484 e. The number of aromatic nitrogens is 1. The van der Waals surface area contributed by atoms with Gasteiger partial charge in [-0.2, -0.15) is 0 Å². The summed E-state index contributed by atoms with van der Waals surface area (Å²) in [5.41, 5.74) is 2.11. The van der Waals surface area contributed by atoms with Gasteiger partial charge in [-0.3, -0.25) is 9.78 Å². The minimum absolute atomic E-state index is 0.000541. The lowest BCUT2D eigenvalue weighted by Crippen LogP contribution is -2.40. The molecule has 1 amide bonds. The van der Waals surface area contributed by atoms with Crippen LogP contribution in [0.1, 0.15) is 31.4 Å². The molecule has 1 heterocycles. The first-order valence-electron chi connectivity index (χ1n) is 7.98. The first-order chi connectivity index (χ1) is 11.1. The molecular weight excluding hydrogens is 288 g/mol. The number of nitrogens with zero attached hydrogens (tertiary/aromatic N) is 2. The summed E-state index contributed by atoms with van der Waals surface area (Å²) < 4.78 is 5.71. The van der Waals surface area contributed by atoms with E-state index >= 15 is 0 Å². The summed E-state index contributed by atoms with van der Waals surface area (Å²) in [5, 5.41) is 0. The molecule has 1 atom stereocenters. The molecule has 0 aliphatic carbocycles. The lowest BCUT2D eigenvalue weighted by atomic mass is 10.1. The Morgan fingerprint density at radius 3 is 2.57 bits per heavy atom. The van der Waals surface area contributed by atoms with Crippen molar-refractivity contribution in [2.24, 2.45) is 0 Å². The molecule has 4 nitrogen and oxygen atoms in total. The van der Waals surface area contributed by atoms with E-state index in [-0.39, 0.29) is 18.6 Å². The van der Waals surface area contributed by atoms with Crippen LogP contribution in [0, 0.1) is 6.92 Å². The number of hydrogen-bond donors (Lipinski definition) is 0. The van der Waals surface area contributed by atoms with Crippen LogP contribution in [0.15, 0.2) is 48.8 Å². The smallest absolute Gasteiger partial charge is 0.261 e. The molecule has 0 fully saturated rings. The summed E-state index contributed by atoms with van der Waals surface area (Å²) in [5.74, 6) is 0.758. The van der Waals surface area contributed by atoms with Crippen LogP contribution in [-0.2, 0) is 11.3 Å². The van der Waals surface area contributed by atoms with Crippen molar-refractivity contribution in [1.82, 2.24) is 9.88 Å². The average molecular weight is 312 g/mol. The molecule has 4 heteroatoms. The second kappa shape index (κ2) is 8.32. The number of hydrogen-bond acceptors (Lipinski definition) is 3. The van der Waals surface area contributed by atoms with Crippen LogP contribution >= 0.6 is 0 Å². The first-order valence-corrected chi connectivity index (χ1v) is 7.98. The molecule has 0 radical (unpaired) electrons. The monoisotopic (exact) mass is 312 g/mol. The van der Waals surface area contributed by atoms with Gasteiger partial charge in [0.05, 0.1) is 0 Å². The van der Waals surface area contributed by atoms with E-state index in [2.05, 4.69) is 18.8 Å². The minimum Gasteiger partial charge on any atom is -0.484 e. The van der Waals surface area contributed by atoms with E-state index in [1.807, 2.05) is 48.2 Å². The van der Waals surface area contributed by atoms with E-state index in [0.717, 1.165) is 23.3 Å². The Morgan fingerprint density at radius 1 is 1.22 bits per heavy atom. The van der Waals surface area contributed by atoms with Crippen LogP contribution in [0.3, 0.4) is 0 Å². The van der Waals surface area contributed by atoms with E-state index in [4.69, 9.17) is 4.74 Å². The molecule has 0 N–H and O–H groups in total. The molecule has 0 aliphatic rings. The fourth-order valence-electron chi connectivity index (χ4n) is 2.34. The molecule has 2 rings (SSSR count). The van der Waals surface area contributed by atoms with Crippen molar-refractivity contribution < 1.29 is 9.53 Å². The Morgan fingerprint density at radius 2 is 1.91 bits per heavy atom. The SMILES string of the molecule is CC[C@@H](C)N(Cc1ccncc1)C(=O)COc1ccccc1C. The van der Waals surface area contributed by atoms with E-state index < -0.39 is 0 Å². The number of carbonyl (C=O) groups excluding carboxylic acids is 1. The lowest BCUT2D eigenvalue weighted by Gasteiger charge is -2.28. The molecule has 0 aliphatic heterocycles. The fourth-order valence-corrected chi connectivity index (χ4v) is 2.34.